The predicted molar refractivity (Wildman–Crippen MR) is 127 cm³/mol. The SMILES string of the molecule is CN=C(NCCc1ccc(OC)cc1Cl)N1CCN(c2ccccn2)CC1.I. The molecule has 1 aromatic heterocycles. The summed E-state index contributed by atoms with van der Waals surface area (Å²) in [6.07, 6.45) is 2.67. The fourth-order valence-corrected chi connectivity index (χ4v) is 3.45. The summed E-state index contributed by atoms with van der Waals surface area (Å²) in [4.78, 5) is 13.5. The van der Waals surface area contributed by atoms with Crippen molar-refractivity contribution in [2.24, 2.45) is 4.99 Å². The Bertz CT molecular complexity index is 766. The molecule has 1 aliphatic rings. The smallest absolute Gasteiger partial charge is 0.193 e. The van der Waals surface area contributed by atoms with E-state index in [1.165, 1.54) is 0 Å². The number of anilines is 1. The van der Waals surface area contributed by atoms with E-state index < -0.39 is 0 Å². The fraction of sp³-hybridized carbons (Fsp3) is 0.400. The highest BCUT2D eigenvalue weighted by Gasteiger charge is 2.20. The van der Waals surface area contributed by atoms with E-state index in [0.29, 0.717) is 0 Å². The number of methoxy groups -OCH3 is 1. The monoisotopic (exact) mass is 515 g/mol. The Kier molecular flexibility index (Phi) is 9.11. The van der Waals surface area contributed by atoms with Crippen LogP contribution in [0.5, 0.6) is 5.75 Å². The number of aliphatic imine (C=N–C) groups is 1. The molecule has 6 nitrogen and oxygen atoms in total. The highest BCUT2D eigenvalue weighted by atomic mass is 127. The quantitative estimate of drug-likeness (QED) is 0.376. The van der Waals surface area contributed by atoms with E-state index in [1.54, 1.807) is 7.11 Å². The summed E-state index contributed by atoms with van der Waals surface area (Å²) in [6, 6.07) is 11.8. The molecule has 8 heteroatoms. The van der Waals surface area contributed by atoms with E-state index in [-0.39, 0.29) is 24.0 Å². The van der Waals surface area contributed by atoms with Gasteiger partial charge in [-0.25, -0.2) is 4.98 Å². The van der Waals surface area contributed by atoms with Crippen LogP contribution in [0.25, 0.3) is 0 Å². The van der Waals surface area contributed by atoms with Crippen molar-refractivity contribution in [1.82, 2.24) is 15.2 Å². The van der Waals surface area contributed by atoms with Gasteiger partial charge in [0.15, 0.2) is 5.96 Å². The van der Waals surface area contributed by atoms with Crippen molar-refractivity contribution in [2.75, 3.05) is 51.8 Å². The number of halogens is 2. The number of piperazine rings is 1. The van der Waals surface area contributed by atoms with Gasteiger partial charge in [0.2, 0.25) is 0 Å². The van der Waals surface area contributed by atoms with Crippen molar-refractivity contribution in [1.29, 1.82) is 0 Å². The molecule has 0 saturated carbocycles. The van der Waals surface area contributed by atoms with Gasteiger partial charge in [0.25, 0.3) is 0 Å². The molecule has 1 saturated heterocycles. The van der Waals surface area contributed by atoms with Crippen molar-refractivity contribution < 1.29 is 4.74 Å². The second-order valence-electron chi connectivity index (χ2n) is 6.34. The van der Waals surface area contributed by atoms with Gasteiger partial charge in [-0.15, -0.1) is 24.0 Å². The van der Waals surface area contributed by atoms with Gasteiger partial charge in [0.05, 0.1) is 7.11 Å². The van der Waals surface area contributed by atoms with Gasteiger partial charge in [-0.3, -0.25) is 4.99 Å². The number of benzene rings is 1. The fourth-order valence-electron chi connectivity index (χ4n) is 3.19. The summed E-state index contributed by atoms with van der Waals surface area (Å²) in [5.74, 6) is 2.74. The third-order valence-electron chi connectivity index (χ3n) is 4.70. The van der Waals surface area contributed by atoms with Gasteiger partial charge in [-0.2, -0.15) is 0 Å². The summed E-state index contributed by atoms with van der Waals surface area (Å²) in [6.45, 7) is 4.47. The van der Waals surface area contributed by atoms with Crippen LogP contribution in [0.3, 0.4) is 0 Å². The molecule has 2 aromatic rings. The van der Waals surface area contributed by atoms with Gasteiger partial charge in [-0.05, 0) is 36.2 Å². The lowest BCUT2D eigenvalue weighted by atomic mass is 10.1. The number of aromatic nitrogens is 1. The number of guanidine groups is 1. The minimum Gasteiger partial charge on any atom is -0.497 e. The second kappa shape index (κ2) is 11.3. The minimum absolute atomic E-state index is 0. The number of hydrogen-bond acceptors (Lipinski definition) is 4. The van der Waals surface area contributed by atoms with Crippen LogP contribution in [0.4, 0.5) is 5.82 Å². The highest BCUT2D eigenvalue weighted by molar-refractivity contribution is 14.0. The molecule has 1 N–H and O–H groups in total. The van der Waals surface area contributed by atoms with Crippen LogP contribution in [0.15, 0.2) is 47.6 Å². The molecular weight excluding hydrogens is 489 g/mol. The van der Waals surface area contributed by atoms with Crippen LogP contribution in [-0.4, -0.2) is 62.7 Å². The van der Waals surface area contributed by atoms with Crippen LogP contribution in [-0.2, 0) is 6.42 Å². The van der Waals surface area contributed by atoms with Crippen molar-refractivity contribution in [3.63, 3.8) is 0 Å². The van der Waals surface area contributed by atoms with Gasteiger partial charge in [0.1, 0.15) is 11.6 Å². The minimum atomic E-state index is 0. The van der Waals surface area contributed by atoms with E-state index in [1.807, 2.05) is 43.6 Å². The Hall–Kier alpha value is -1.74. The summed E-state index contributed by atoms with van der Waals surface area (Å²) in [5.41, 5.74) is 1.10. The van der Waals surface area contributed by atoms with Crippen LogP contribution in [0.1, 0.15) is 5.56 Å². The molecule has 1 aromatic carbocycles. The first-order chi connectivity index (χ1) is 13.2. The molecular formula is C20H27ClIN5O. The topological polar surface area (TPSA) is 53.0 Å². The Morgan fingerprint density at radius 3 is 2.61 bits per heavy atom. The molecule has 28 heavy (non-hydrogen) atoms. The number of nitrogens with zero attached hydrogens (tertiary/aromatic N) is 4. The Morgan fingerprint density at radius 2 is 2.00 bits per heavy atom. The number of hydrogen-bond donors (Lipinski definition) is 1. The van der Waals surface area contributed by atoms with Crippen molar-refractivity contribution >= 4 is 47.4 Å². The molecule has 3 rings (SSSR count). The first-order valence-electron chi connectivity index (χ1n) is 9.15. The molecule has 1 aliphatic heterocycles. The van der Waals surface area contributed by atoms with E-state index in [2.05, 4.69) is 31.2 Å². The van der Waals surface area contributed by atoms with Gasteiger partial charge in [-0.1, -0.05) is 23.7 Å². The molecule has 0 aliphatic carbocycles. The number of rotatable bonds is 5. The molecule has 0 unspecified atom stereocenters. The van der Waals surface area contributed by atoms with Gasteiger partial charge < -0.3 is 19.9 Å². The van der Waals surface area contributed by atoms with E-state index in [0.717, 1.165) is 67.3 Å². The lowest BCUT2D eigenvalue weighted by Gasteiger charge is -2.37. The lowest BCUT2D eigenvalue weighted by molar-refractivity contribution is 0.372. The van der Waals surface area contributed by atoms with E-state index >= 15 is 0 Å². The Labute approximate surface area is 189 Å². The first-order valence-corrected chi connectivity index (χ1v) is 9.53. The average molecular weight is 516 g/mol. The largest absolute Gasteiger partial charge is 0.497 e. The molecule has 152 valence electrons. The van der Waals surface area contributed by atoms with Crippen LogP contribution >= 0.6 is 35.6 Å². The van der Waals surface area contributed by atoms with Crippen LogP contribution < -0.4 is 15.0 Å². The number of nitrogens with one attached hydrogen (secondary N) is 1. The summed E-state index contributed by atoms with van der Waals surface area (Å²) < 4.78 is 5.20. The highest BCUT2D eigenvalue weighted by Crippen LogP contribution is 2.22. The zero-order valence-electron chi connectivity index (χ0n) is 16.3. The predicted octanol–water partition coefficient (Wildman–Crippen LogP) is 3.30. The van der Waals surface area contributed by atoms with Crippen molar-refractivity contribution in [3.05, 3.63) is 53.2 Å². The molecule has 0 spiro atoms. The maximum atomic E-state index is 6.32. The first kappa shape index (κ1) is 22.5. The second-order valence-corrected chi connectivity index (χ2v) is 6.75. The maximum absolute atomic E-state index is 6.32. The number of ether oxygens (including phenoxy) is 1. The summed E-state index contributed by atoms with van der Waals surface area (Å²) in [7, 11) is 3.47. The van der Waals surface area contributed by atoms with Gasteiger partial charge >= 0.3 is 0 Å². The Morgan fingerprint density at radius 1 is 1.21 bits per heavy atom. The number of pyridine rings is 1. The molecule has 0 amide bonds. The van der Waals surface area contributed by atoms with Crippen molar-refractivity contribution in [3.8, 4) is 5.75 Å². The molecule has 0 bridgehead atoms. The lowest BCUT2D eigenvalue weighted by Crippen LogP contribution is -2.53. The molecule has 0 atom stereocenters. The molecule has 2 heterocycles. The van der Waals surface area contributed by atoms with E-state index in [4.69, 9.17) is 16.3 Å². The zero-order valence-corrected chi connectivity index (χ0v) is 19.4. The third kappa shape index (κ3) is 5.88. The summed E-state index contributed by atoms with van der Waals surface area (Å²) in [5, 5.41) is 4.18. The standard InChI is InChI=1S/C20H26ClN5O.HI/c1-22-20(24-10-8-16-6-7-17(27-2)15-18(16)21)26-13-11-25(12-14-26)19-5-3-4-9-23-19;/h3-7,9,15H,8,10-14H2,1-2H3,(H,22,24);1H. The van der Waals surface area contributed by atoms with Crippen LogP contribution in [0.2, 0.25) is 5.02 Å². The summed E-state index contributed by atoms with van der Waals surface area (Å²) >= 11 is 6.32. The van der Waals surface area contributed by atoms with Crippen LogP contribution in [0, 0.1) is 0 Å². The normalized spacial score (nSPS) is 14.5. The third-order valence-corrected chi connectivity index (χ3v) is 5.05. The zero-order chi connectivity index (χ0) is 19.1. The van der Waals surface area contributed by atoms with Crippen molar-refractivity contribution in [2.45, 2.75) is 6.42 Å². The molecule has 1 fully saturated rings. The van der Waals surface area contributed by atoms with Gasteiger partial charge in [0, 0.05) is 51.0 Å². The Balaban J connectivity index is 0.00000280. The van der Waals surface area contributed by atoms with E-state index in [9.17, 15) is 0 Å². The molecule has 0 radical (unpaired) electrons. The average Bonchev–Trinajstić information content (AvgIpc) is 2.73. The maximum Gasteiger partial charge on any atom is 0.193 e.